The van der Waals surface area contributed by atoms with Crippen LogP contribution in [0.1, 0.15) is 5.69 Å². The fourth-order valence-electron chi connectivity index (χ4n) is 1.27. The number of nitrogens with zero attached hydrogens (tertiary/aromatic N) is 3. The van der Waals surface area contributed by atoms with Crippen LogP contribution >= 0.6 is 11.6 Å². The van der Waals surface area contributed by atoms with Gasteiger partial charge in [-0.15, -0.1) is 0 Å². The van der Waals surface area contributed by atoms with Crippen LogP contribution in [0.2, 0.25) is 5.02 Å². The lowest BCUT2D eigenvalue weighted by atomic mass is 10.3. The molecule has 0 saturated heterocycles. The molecule has 0 aliphatic rings. The predicted molar refractivity (Wildman–Crippen MR) is 66.1 cm³/mol. The molecule has 0 aliphatic carbocycles. The summed E-state index contributed by atoms with van der Waals surface area (Å²) in [5.74, 6) is 0.435. The highest BCUT2D eigenvalue weighted by atomic mass is 35.5. The second-order valence-corrected chi connectivity index (χ2v) is 3.69. The van der Waals surface area contributed by atoms with Gasteiger partial charge >= 0.3 is 0 Å². The van der Waals surface area contributed by atoms with E-state index in [1.807, 2.05) is 0 Å². The van der Waals surface area contributed by atoms with Crippen LogP contribution in [-0.2, 0) is 0 Å². The van der Waals surface area contributed by atoms with Crippen LogP contribution < -0.4 is 10.5 Å². The molecule has 0 saturated carbocycles. The molecule has 6 nitrogen and oxygen atoms in total. The average Bonchev–Trinajstić information content (AvgIpc) is 2.38. The van der Waals surface area contributed by atoms with Gasteiger partial charge in [-0.1, -0.05) is 22.8 Å². The van der Waals surface area contributed by atoms with E-state index in [0.29, 0.717) is 10.8 Å². The third-order valence-electron chi connectivity index (χ3n) is 2.03. The number of hydrogen-bond donors (Lipinski definition) is 2. The molecular formula is C11H9ClN4O2. The first-order valence-electron chi connectivity index (χ1n) is 4.93. The second kappa shape index (κ2) is 5.33. The minimum absolute atomic E-state index is 0.134. The molecule has 0 amide bonds. The van der Waals surface area contributed by atoms with Gasteiger partial charge < -0.3 is 15.7 Å². The summed E-state index contributed by atoms with van der Waals surface area (Å²) >= 11 is 5.84. The number of ether oxygens (including phenoxy) is 1. The average molecular weight is 265 g/mol. The SMILES string of the molecule is NC(=NO)c1nccnc1Oc1cccc(Cl)c1. The molecule has 0 bridgehead atoms. The predicted octanol–water partition coefficient (Wildman–Crippen LogP) is 2.02. The summed E-state index contributed by atoms with van der Waals surface area (Å²) < 4.78 is 5.48. The molecule has 0 unspecified atom stereocenters. The first-order chi connectivity index (χ1) is 8.70. The largest absolute Gasteiger partial charge is 0.437 e. The van der Waals surface area contributed by atoms with Crippen molar-refractivity contribution in [3.05, 3.63) is 47.4 Å². The summed E-state index contributed by atoms with van der Waals surface area (Å²) in [5, 5.41) is 12.0. The smallest absolute Gasteiger partial charge is 0.249 e. The molecule has 3 N–H and O–H groups in total. The maximum atomic E-state index is 8.64. The van der Waals surface area contributed by atoms with E-state index in [-0.39, 0.29) is 17.4 Å². The fraction of sp³-hybridized carbons (Fsp3) is 0. The van der Waals surface area contributed by atoms with Gasteiger partial charge in [0.25, 0.3) is 0 Å². The number of nitrogens with two attached hydrogens (primary N) is 1. The summed E-state index contributed by atoms with van der Waals surface area (Å²) in [6.07, 6.45) is 2.85. The Morgan fingerprint density at radius 1 is 1.33 bits per heavy atom. The molecule has 0 spiro atoms. The topological polar surface area (TPSA) is 93.6 Å². The van der Waals surface area contributed by atoms with Crippen molar-refractivity contribution in [1.82, 2.24) is 9.97 Å². The maximum Gasteiger partial charge on any atom is 0.249 e. The van der Waals surface area contributed by atoms with Crippen LogP contribution in [0.25, 0.3) is 0 Å². The van der Waals surface area contributed by atoms with Crippen LogP contribution in [0.3, 0.4) is 0 Å². The zero-order valence-corrected chi connectivity index (χ0v) is 9.87. The highest BCUT2D eigenvalue weighted by Gasteiger charge is 2.12. The van der Waals surface area contributed by atoms with E-state index in [1.165, 1.54) is 12.4 Å². The third-order valence-corrected chi connectivity index (χ3v) is 2.26. The van der Waals surface area contributed by atoms with E-state index in [2.05, 4.69) is 15.1 Å². The highest BCUT2D eigenvalue weighted by Crippen LogP contribution is 2.24. The Morgan fingerprint density at radius 2 is 2.11 bits per heavy atom. The van der Waals surface area contributed by atoms with E-state index in [0.717, 1.165) is 0 Å². The third kappa shape index (κ3) is 2.67. The van der Waals surface area contributed by atoms with Crippen molar-refractivity contribution >= 4 is 17.4 Å². The van der Waals surface area contributed by atoms with Crippen LogP contribution in [0.15, 0.2) is 41.8 Å². The minimum Gasteiger partial charge on any atom is -0.437 e. The van der Waals surface area contributed by atoms with Crippen LogP contribution in [-0.4, -0.2) is 21.0 Å². The molecule has 0 atom stereocenters. The van der Waals surface area contributed by atoms with Crippen LogP contribution in [0.4, 0.5) is 0 Å². The minimum atomic E-state index is -0.180. The summed E-state index contributed by atoms with van der Waals surface area (Å²) in [7, 11) is 0. The Balaban J connectivity index is 2.35. The Kier molecular flexibility index (Phi) is 3.59. The van der Waals surface area contributed by atoms with Gasteiger partial charge in [-0.2, -0.15) is 0 Å². The van der Waals surface area contributed by atoms with E-state index in [9.17, 15) is 0 Å². The van der Waals surface area contributed by atoms with Gasteiger partial charge in [-0.3, -0.25) is 0 Å². The molecule has 1 aromatic heterocycles. The fourth-order valence-corrected chi connectivity index (χ4v) is 1.45. The molecular weight excluding hydrogens is 256 g/mol. The number of halogens is 1. The van der Waals surface area contributed by atoms with Crippen LogP contribution in [0.5, 0.6) is 11.6 Å². The van der Waals surface area contributed by atoms with Crippen molar-refractivity contribution in [1.29, 1.82) is 0 Å². The molecule has 92 valence electrons. The zero-order chi connectivity index (χ0) is 13.0. The lowest BCUT2D eigenvalue weighted by Gasteiger charge is -2.07. The molecule has 7 heteroatoms. The Morgan fingerprint density at radius 3 is 2.83 bits per heavy atom. The summed E-state index contributed by atoms with van der Waals surface area (Å²) in [5.41, 5.74) is 5.62. The molecule has 2 rings (SSSR count). The normalized spacial score (nSPS) is 11.3. The van der Waals surface area contributed by atoms with E-state index >= 15 is 0 Å². The van der Waals surface area contributed by atoms with Gasteiger partial charge in [0.1, 0.15) is 5.75 Å². The first kappa shape index (κ1) is 12.1. The number of aromatic nitrogens is 2. The number of benzene rings is 1. The Bertz CT molecular complexity index is 589. The van der Waals surface area contributed by atoms with Gasteiger partial charge in [0.2, 0.25) is 5.88 Å². The standard InChI is InChI=1S/C11H9ClN4O2/c12-7-2-1-3-8(6-7)18-11-9(10(13)16-17)14-4-5-15-11/h1-6,17H,(H2,13,16). The van der Waals surface area contributed by atoms with Gasteiger partial charge in [-0.05, 0) is 18.2 Å². The Labute approximate surface area is 108 Å². The number of hydrogen-bond acceptors (Lipinski definition) is 5. The van der Waals surface area contributed by atoms with Gasteiger partial charge in [0.15, 0.2) is 11.5 Å². The molecule has 1 aromatic carbocycles. The van der Waals surface area contributed by atoms with Crippen LogP contribution in [0, 0.1) is 0 Å². The van der Waals surface area contributed by atoms with Gasteiger partial charge in [0.05, 0.1) is 0 Å². The lowest BCUT2D eigenvalue weighted by molar-refractivity contribution is 0.318. The number of rotatable bonds is 3. The van der Waals surface area contributed by atoms with Gasteiger partial charge in [-0.25, -0.2) is 9.97 Å². The summed E-state index contributed by atoms with van der Waals surface area (Å²) in [4.78, 5) is 7.90. The molecule has 0 fully saturated rings. The molecule has 2 aromatic rings. The van der Waals surface area contributed by atoms with Crippen molar-refractivity contribution in [3.63, 3.8) is 0 Å². The molecule has 0 radical (unpaired) electrons. The van der Waals surface area contributed by atoms with Crippen molar-refractivity contribution in [3.8, 4) is 11.6 Å². The van der Waals surface area contributed by atoms with Crippen molar-refractivity contribution < 1.29 is 9.94 Å². The van der Waals surface area contributed by atoms with Crippen molar-refractivity contribution in [2.75, 3.05) is 0 Å². The van der Waals surface area contributed by atoms with E-state index in [4.69, 9.17) is 27.3 Å². The molecule has 0 aliphatic heterocycles. The summed E-state index contributed by atoms with van der Waals surface area (Å²) in [6, 6.07) is 6.77. The maximum absolute atomic E-state index is 8.64. The molecule has 1 heterocycles. The lowest BCUT2D eigenvalue weighted by Crippen LogP contribution is -2.16. The van der Waals surface area contributed by atoms with Crippen molar-refractivity contribution in [2.45, 2.75) is 0 Å². The van der Waals surface area contributed by atoms with E-state index < -0.39 is 0 Å². The van der Waals surface area contributed by atoms with Gasteiger partial charge in [0, 0.05) is 17.4 Å². The zero-order valence-electron chi connectivity index (χ0n) is 9.12. The molecule has 18 heavy (non-hydrogen) atoms. The Hall–Kier alpha value is -2.34. The number of amidine groups is 1. The highest BCUT2D eigenvalue weighted by molar-refractivity contribution is 6.30. The number of oxime groups is 1. The summed E-state index contributed by atoms with van der Waals surface area (Å²) in [6.45, 7) is 0. The van der Waals surface area contributed by atoms with E-state index in [1.54, 1.807) is 24.3 Å². The monoisotopic (exact) mass is 264 g/mol. The van der Waals surface area contributed by atoms with Crippen molar-refractivity contribution in [2.24, 2.45) is 10.9 Å². The quantitative estimate of drug-likeness (QED) is 0.383. The first-order valence-corrected chi connectivity index (χ1v) is 5.31. The second-order valence-electron chi connectivity index (χ2n) is 3.25.